The first kappa shape index (κ1) is 11.0. The van der Waals surface area contributed by atoms with Crippen molar-refractivity contribution in [2.45, 2.75) is 0 Å². The van der Waals surface area contributed by atoms with Crippen LogP contribution in [-0.2, 0) is 0 Å². The van der Waals surface area contributed by atoms with Gasteiger partial charge in [-0.3, -0.25) is 0 Å². The van der Waals surface area contributed by atoms with E-state index < -0.39 is 39.3 Å². The third-order valence-corrected chi connectivity index (χ3v) is 2.17. The lowest BCUT2D eigenvalue weighted by Gasteiger charge is -2.04. The third kappa shape index (κ3) is 1.47. The quantitative estimate of drug-likeness (QED) is 0.485. The number of carbonyl (C=O) groups is 1. The topological polar surface area (TPSA) is 37.3 Å². The molecule has 0 aliphatic rings. The van der Waals surface area contributed by atoms with Crippen LogP contribution in [0.1, 0.15) is 10.4 Å². The molecule has 7 heteroatoms. The van der Waals surface area contributed by atoms with E-state index in [0.717, 1.165) is 0 Å². The van der Waals surface area contributed by atoms with Gasteiger partial charge in [-0.1, -0.05) is 0 Å². The summed E-state index contributed by atoms with van der Waals surface area (Å²) in [6, 6.07) is 0. The lowest BCUT2D eigenvalue weighted by molar-refractivity contribution is 0.0688. The molecule has 1 aromatic rings. The smallest absolute Gasteiger partial charge is 0.340 e. The first-order valence-electron chi connectivity index (χ1n) is 3.12. The summed E-state index contributed by atoms with van der Waals surface area (Å²) >= 11 is 2.31. The minimum Gasteiger partial charge on any atom is -0.478 e. The number of hydrogen-bond acceptors (Lipinski definition) is 1. The van der Waals surface area contributed by atoms with Gasteiger partial charge in [0.05, 0.1) is 4.47 Å². The molecular formula is C7HBrF4O2. The van der Waals surface area contributed by atoms with Gasteiger partial charge in [-0.2, -0.15) is 0 Å². The Hall–Kier alpha value is -1.11. The molecule has 1 N–H and O–H groups in total. The van der Waals surface area contributed by atoms with Crippen LogP contribution in [0.4, 0.5) is 17.6 Å². The summed E-state index contributed by atoms with van der Waals surface area (Å²) in [7, 11) is 0. The fourth-order valence-electron chi connectivity index (χ4n) is 0.793. The zero-order valence-corrected chi connectivity index (χ0v) is 7.83. The van der Waals surface area contributed by atoms with Crippen LogP contribution in [0.25, 0.3) is 0 Å². The molecule has 0 fully saturated rings. The molecule has 14 heavy (non-hydrogen) atoms. The van der Waals surface area contributed by atoms with Crippen molar-refractivity contribution in [3.63, 3.8) is 0 Å². The van der Waals surface area contributed by atoms with E-state index in [1.807, 2.05) is 0 Å². The molecule has 0 unspecified atom stereocenters. The van der Waals surface area contributed by atoms with Crippen molar-refractivity contribution in [1.29, 1.82) is 0 Å². The molecule has 0 aromatic heterocycles. The van der Waals surface area contributed by atoms with Gasteiger partial charge in [0.25, 0.3) is 0 Å². The number of carboxylic acids is 1. The maximum Gasteiger partial charge on any atom is 0.340 e. The molecular weight excluding hydrogens is 272 g/mol. The normalized spacial score (nSPS) is 10.4. The lowest BCUT2D eigenvalue weighted by atomic mass is 10.2. The van der Waals surface area contributed by atoms with Crippen LogP contribution in [0.3, 0.4) is 0 Å². The van der Waals surface area contributed by atoms with E-state index in [1.54, 1.807) is 0 Å². The highest BCUT2D eigenvalue weighted by atomic mass is 79.9. The van der Waals surface area contributed by atoms with E-state index in [9.17, 15) is 22.4 Å². The van der Waals surface area contributed by atoms with Gasteiger partial charge in [0.2, 0.25) is 0 Å². The number of hydrogen-bond donors (Lipinski definition) is 1. The average Bonchev–Trinajstić information content (AvgIpc) is 2.11. The first-order chi connectivity index (χ1) is 6.37. The zero-order valence-electron chi connectivity index (χ0n) is 6.25. The van der Waals surface area contributed by atoms with Crippen molar-refractivity contribution in [3.8, 4) is 0 Å². The van der Waals surface area contributed by atoms with Gasteiger partial charge in [-0.05, 0) is 15.9 Å². The van der Waals surface area contributed by atoms with Crippen molar-refractivity contribution in [2.24, 2.45) is 0 Å². The Kier molecular flexibility index (Phi) is 2.79. The third-order valence-electron chi connectivity index (χ3n) is 1.42. The number of halogens is 5. The Balaban J connectivity index is 3.68. The summed E-state index contributed by atoms with van der Waals surface area (Å²) in [5.74, 6) is -9.82. The molecule has 76 valence electrons. The standard InChI is InChI=1S/C7HBrF4O2/c8-2-1(7(13)14)3(9)5(11)6(12)4(2)10/h(H,13,14). The Morgan fingerprint density at radius 3 is 1.86 bits per heavy atom. The predicted molar refractivity (Wildman–Crippen MR) is 40.9 cm³/mol. The van der Waals surface area contributed by atoms with E-state index in [0.29, 0.717) is 0 Å². The molecule has 0 radical (unpaired) electrons. The Morgan fingerprint density at radius 1 is 1.00 bits per heavy atom. The molecule has 0 saturated heterocycles. The molecule has 0 bridgehead atoms. The monoisotopic (exact) mass is 272 g/mol. The number of benzene rings is 1. The summed E-state index contributed by atoms with van der Waals surface area (Å²) < 4.78 is 49.5. The summed E-state index contributed by atoms with van der Waals surface area (Å²) in [5.41, 5.74) is -1.28. The van der Waals surface area contributed by atoms with Crippen LogP contribution in [0.5, 0.6) is 0 Å². The molecule has 0 heterocycles. The summed E-state index contributed by atoms with van der Waals surface area (Å²) in [4.78, 5) is 10.3. The van der Waals surface area contributed by atoms with Crippen LogP contribution in [0.15, 0.2) is 4.47 Å². The minimum absolute atomic E-state index is 0.957. The van der Waals surface area contributed by atoms with Gasteiger partial charge in [-0.15, -0.1) is 0 Å². The fraction of sp³-hybridized carbons (Fsp3) is 0. The van der Waals surface area contributed by atoms with Gasteiger partial charge in [0.1, 0.15) is 5.56 Å². The van der Waals surface area contributed by atoms with E-state index in [1.165, 1.54) is 0 Å². The number of carboxylic acid groups (broad SMARTS) is 1. The van der Waals surface area contributed by atoms with Crippen LogP contribution >= 0.6 is 15.9 Å². The molecule has 0 spiro atoms. The highest BCUT2D eigenvalue weighted by molar-refractivity contribution is 9.10. The summed E-state index contributed by atoms with van der Waals surface area (Å²) in [6.45, 7) is 0. The Morgan fingerprint density at radius 2 is 1.43 bits per heavy atom. The average molecular weight is 273 g/mol. The lowest BCUT2D eigenvalue weighted by Crippen LogP contribution is -2.09. The van der Waals surface area contributed by atoms with Gasteiger partial charge in [-0.25, -0.2) is 22.4 Å². The maximum atomic E-state index is 12.8. The molecule has 1 rings (SSSR count). The highest BCUT2D eigenvalue weighted by Gasteiger charge is 2.27. The molecule has 0 aliphatic heterocycles. The molecule has 1 aromatic carbocycles. The van der Waals surface area contributed by atoms with E-state index >= 15 is 0 Å². The summed E-state index contributed by atoms with van der Waals surface area (Å²) in [5, 5.41) is 8.36. The molecule has 2 nitrogen and oxygen atoms in total. The highest BCUT2D eigenvalue weighted by Crippen LogP contribution is 2.28. The Bertz CT molecular complexity index is 390. The van der Waals surface area contributed by atoms with Gasteiger partial charge in [0.15, 0.2) is 23.3 Å². The van der Waals surface area contributed by atoms with Crippen molar-refractivity contribution in [1.82, 2.24) is 0 Å². The first-order valence-corrected chi connectivity index (χ1v) is 3.92. The van der Waals surface area contributed by atoms with Gasteiger partial charge in [0, 0.05) is 0 Å². The molecule has 0 atom stereocenters. The summed E-state index contributed by atoms with van der Waals surface area (Å²) in [6.07, 6.45) is 0. The number of rotatable bonds is 1. The van der Waals surface area contributed by atoms with Crippen molar-refractivity contribution in [3.05, 3.63) is 33.3 Å². The molecule has 0 amide bonds. The maximum absolute atomic E-state index is 12.8. The second-order valence-corrected chi connectivity index (χ2v) is 3.04. The zero-order chi connectivity index (χ0) is 11.0. The van der Waals surface area contributed by atoms with Crippen molar-refractivity contribution >= 4 is 21.9 Å². The minimum atomic E-state index is -2.15. The number of aromatic carboxylic acids is 1. The van der Waals surface area contributed by atoms with E-state index in [4.69, 9.17) is 5.11 Å². The van der Waals surface area contributed by atoms with Crippen molar-refractivity contribution in [2.75, 3.05) is 0 Å². The second-order valence-electron chi connectivity index (χ2n) is 2.25. The Labute approximate surface area is 83.3 Å². The van der Waals surface area contributed by atoms with Crippen LogP contribution in [0.2, 0.25) is 0 Å². The fourth-order valence-corrected chi connectivity index (χ4v) is 1.31. The van der Waals surface area contributed by atoms with Crippen LogP contribution in [0, 0.1) is 23.3 Å². The molecule has 0 aliphatic carbocycles. The van der Waals surface area contributed by atoms with E-state index in [2.05, 4.69) is 15.9 Å². The van der Waals surface area contributed by atoms with E-state index in [-0.39, 0.29) is 0 Å². The van der Waals surface area contributed by atoms with Gasteiger partial charge < -0.3 is 5.11 Å². The predicted octanol–water partition coefficient (Wildman–Crippen LogP) is 2.70. The molecule has 0 saturated carbocycles. The van der Waals surface area contributed by atoms with Crippen LogP contribution in [-0.4, -0.2) is 11.1 Å². The second kappa shape index (κ2) is 3.56. The van der Waals surface area contributed by atoms with Crippen LogP contribution < -0.4 is 0 Å². The van der Waals surface area contributed by atoms with Crippen molar-refractivity contribution < 1.29 is 27.5 Å². The largest absolute Gasteiger partial charge is 0.478 e. The SMILES string of the molecule is O=C(O)c1c(F)c(F)c(F)c(F)c1Br. The van der Waals surface area contributed by atoms with Gasteiger partial charge >= 0.3 is 5.97 Å².